The summed E-state index contributed by atoms with van der Waals surface area (Å²) in [6.07, 6.45) is 2.93. The van der Waals surface area contributed by atoms with E-state index in [1.807, 2.05) is 0 Å². The molecule has 0 radical (unpaired) electrons. The molecular formula is C10H16O3. The topological polar surface area (TPSA) is 46.5 Å². The monoisotopic (exact) mass is 184 g/mol. The van der Waals surface area contributed by atoms with E-state index in [0.717, 1.165) is 12.8 Å². The predicted octanol–water partition coefficient (Wildman–Crippen LogP) is 1.10. The first-order chi connectivity index (χ1) is 6.22. The summed E-state index contributed by atoms with van der Waals surface area (Å²) in [6.45, 7) is 2.13. The van der Waals surface area contributed by atoms with Gasteiger partial charge in [0.25, 0.3) is 0 Å². The molecule has 1 N–H and O–H groups in total. The maximum Gasteiger partial charge on any atom is 0.306 e. The number of rotatable bonds is 2. The van der Waals surface area contributed by atoms with Crippen LogP contribution in [0.2, 0.25) is 0 Å². The van der Waals surface area contributed by atoms with Crippen molar-refractivity contribution in [1.29, 1.82) is 0 Å². The molecule has 0 aromatic carbocycles. The van der Waals surface area contributed by atoms with Crippen molar-refractivity contribution in [3.8, 4) is 0 Å². The smallest absolute Gasteiger partial charge is 0.306 e. The van der Waals surface area contributed by atoms with Crippen LogP contribution >= 0.6 is 0 Å². The zero-order valence-electron chi connectivity index (χ0n) is 7.90. The Kier molecular flexibility index (Phi) is 2.28. The molecule has 74 valence electrons. The summed E-state index contributed by atoms with van der Waals surface area (Å²) in [4.78, 5) is 11.1. The van der Waals surface area contributed by atoms with Gasteiger partial charge in [0, 0.05) is 18.3 Å². The highest BCUT2D eigenvalue weighted by Crippen LogP contribution is 2.43. The molecule has 3 heteroatoms. The van der Waals surface area contributed by atoms with Gasteiger partial charge >= 0.3 is 5.97 Å². The van der Waals surface area contributed by atoms with Crippen LogP contribution in [0, 0.1) is 11.8 Å². The van der Waals surface area contributed by atoms with Gasteiger partial charge in [0.05, 0.1) is 12.5 Å². The van der Waals surface area contributed by atoms with Crippen molar-refractivity contribution in [2.45, 2.75) is 44.8 Å². The van der Waals surface area contributed by atoms with Gasteiger partial charge in [-0.15, -0.1) is 0 Å². The van der Waals surface area contributed by atoms with Crippen molar-refractivity contribution >= 4 is 5.97 Å². The Hall–Kier alpha value is -0.570. The third kappa shape index (κ3) is 1.46. The second-order valence-corrected chi connectivity index (χ2v) is 4.15. The Morgan fingerprint density at radius 1 is 1.62 bits per heavy atom. The average Bonchev–Trinajstić information content (AvgIpc) is 2.28. The normalized spacial score (nSPS) is 43.4. The minimum atomic E-state index is -0.312. The number of esters is 1. The SMILES string of the molecule is CCCC1C2CC(O)C1CC(=O)O2. The van der Waals surface area contributed by atoms with Crippen molar-refractivity contribution in [3.63, 3.8) is 0 Å². The Labute approximate surface area is 78.1 Å². The third-order valence-corrected chi connectivity index (χ3v) is 3.30. The summed E-state index contributed by atoms with van der Waals surface area (Å²) in [5.74, 6) is 0.461. The zero-order valence-corrected chi connectivity index (χ0v) is 7.90. The first-order valence-corrected chi connectivity index (χ1v) is 5.10. The van der Waals surface area contributed by atoms with Crippen molar-refractivity contribution in [2.75, 3.05) is 0 Å². The highest BCUT2D eigenvalue weighted by atomic mass is 16.5. The number of fused-ring (bicyclic) bond motifs is 2. The Morgan fingerprint density at radius 2 is 2.38 bits per heavy atom. The molecule has 4 atom stereocenters. The van der Waals surface area contributed by atoms with E-state index >= 15 is 0 Å². The molecule has 4 unspecified atom stereocenters. The summed E-state index contributed by atoms with van der Waals surface area (Å²) in [5, 5.41) is 9.68. The summed E-state index contributed by atoms with van der Waals surface area (Å²) in [6, 6.07) is 0. The maximum absolute atomic E-state index is 11.1. The van der Waals surface area contributed by atoms with E-state index in [-0.39, 0.29) is 24.1 Å². The molecule has 1 aliphatic carbocycles. The van der Waals surface area contributed by atoms with Crippen LogP contribution < -0.4 is 0 Å². The second-order valence-electron chi connectivity index (χ2n) is 4.15. The summed E-state index contributed by atoms with van der Waals surface area (Å²) in [7, 11) is 0. The Balaban J connectivity index is 2.10. The highest BCUT2D eigenvalue weighted by molar-refractivity contribution is 5.71. The van der Waals surface area contributed by atoms with E-state index < -0.39 is 0 Å². The molecular weight excluding hydrogens is 168 g/mol. The first kappa shape index (κ1) is 9.00. The van der Waals surface area contributed by atoms with Crippen LogP contribution in [0.3, 0.4) is 0 Å². The number of carbonyl (C=O) groups excluding carboxylic acids is 1. The first-order valence-electron chi connectivity index (χ1n) is 5.10. The Bertz CT molecular complexity index is 214. The lowest BCUT2D eigenvalue weighted by atomic mass is 9.86. The number of hydrogen-bond donors (Lipinski definition) is 1. The van der Waals surface area contributed by atoms with Gasteiger partial charge in [-0.2, -0.15) is 0 Å². The van der Waals surface area contributed by atoms with E-state index in [9.17, 15) is 9.90 Å². The number of aliphatic hydroxyl groups is 1. The molecule has 2 bridgehead atoms. The molecule has 13 heavy (non-hydrogen) atoms. The lowest BCUT2D eigenvalue weighted by Gasteiger charge is -2.29. The fourth-order valence-electron chi connectivity index (χ4n) is 2.71. The van der Waals surface area contributed by atoms with Crippen LogP contribution in [-0.4, -0.2) is 23.3 Å². The third-order valence-electron chi connectivity index (χ3n) is 3.30. The van der Waals surface area contributed by atoms with E-state index in [1.54, 1.807) is 0 Å². The van der Waals surface area contributed by atoms with Gasteiger partial charge in [-0.05, 0) is 6.42 Å². The molecule has 1 aliphatic heterocycles. The van der Waals surface area contributed by atoms with Gasteiger partial charge in [-0.3, -0.25) is 4.79 Å². The van der Waals surface area contributed by atoms with Gasteiger partial charge in [-0.1, -0.05) is 13.3 Å². The number of ether oxygens (including phenoxy) is 1. The quantitative estimate of drug-likeness (QED) is 0.654. The van der Waals surface area contributed by atoms with E-state index in [1.165, 1.54) is 0 Å². The maximum atomic E-state index is 11.1. The highest BCUT2D eigenvalue weighted by Gasteiger charge is 2.48. The molecule has 2 fully saturated rings. The summed E-state index contributed by atoms with van der Waals surface area (Å²) >= 11 is 0. The standard InChI is InChI=1S/C10H16O3/c1-2-3-6-7-4-10(12)13-9(6)5-8(7)11/h6-9,11H,2-5H2,1H3. The fraction of sp³-hybridized carbons (Fsp3) is 0.900. The summed E-state index contributed by atoms with van der Waals surface area (Å²) < 4.78 is 5.21. The van der Waals surface area contributed by atoms with Crippen molar-refractivity contribution in [2.24, 2.45) is 11.8 Å². The zero-order chi connectivity index (χ0) is 9.42. The van der Waals surface area contributed by atoms with Crippen LogP contribution in [0.1, 0.15) is 32.6 Å². The molecule has 1 saturated carbocycles. The van der Waals surface area contributed by atoms with Crippen molar-refractivity contribution in [1.82, 2.24) is 0 Å². The lowest BCUT2D eigenvalue weighted by molar-refractivity contribution is -0.158. The van der Waals surface area contributed by atoms with Gasteiger partial charge in [0.2, 0.25) is 0 Å². The molecule has 0 spiro atoms. The van der Waals surface area contributed by atoms with Crippen LogP contribution in [0.15, 0.2) is 0 Å². The predicted molar refractivity (Wildman–Crippen MR) is 47.0 cm³/mol. The number of hydrogen-bond acceptors (Lipinski definition) is 3. The van der Waals surface area contributed by atoms with E-state index in [2.05, 4.69) is 6.92 Å². The van der Waals surface area contributed by atoms with Gasteiger partial charge in [0.1, 0.15) is 6.10 Å². The molecule has 1 saturated heterocycles. The second kappa shape index (κ2) is 3.29. The number of aliphatic hydroxyl groups excluding tert-OH is 1. The molecule has 0 aromatic rings. The molecule has 3 nitrogen and oxygen atoms in total. The van der Waals surface area contributed by atoms with Crippen molar-refractivity contribution in [3.05, 3.63) is 0 Å². The van der Waals surface area contributed by atoms with E-state index in [0.29, 0.717) is 18.8 Å². The lowest BCUT2D eigenvalue weighted by Crippen LogP contribution is -2.33. The van der Waals surface area contributed by atoms with Crippen molar-refractivity contribution < 1.29 is 14.6 Å². The molecule has 0 amide bonds. The molecule has 2 rings (SSSR count). The minimum Gasteiger partial charge on any atom is -0.462 e. The van der Waals surface area contributed by atoms with E-state index in [4.69, 9.17) is 4.74 Å². The molecule has 2 aliphatic rings. The molecule has 0 aromatic heterocycles. The van der Waals surface area contributed by atoms with Gasteiger partial charge < -0.3 is 9.84 Å². The van der Waals surface area contributed by atoms with Crippen LogP contribution in [-0.2, 0) is 9.53 Å². The van der Waals surface area contributed by atoms with Crippen LogP contribution in [0.4, 0.5) is 0 Å². The van der Waals surface area contributed by atoms with Crippen LogP contribution in [0.5, 0.6) is 0 Å². The molecule has 1 heterocycles. The van der Waals surface area contributed by atoms with Gasteiger partial charge in [-0.25, -0.2) is 0 Å². The number of carbonyl (C=O) groups is 1. The van der Waals surface area contributed by atoms with Gasteiger partial charge in [0.15, 0.2) is 0 Å². The summed E-state index contributed by atoms with van der Waals surface area (Å²) in [5.41, 5.74) is 0. The van der Waals surface area contributed by atoms with Crippen LogP contribution in [0.25, 0.3) is 0 Å². The minimum absolute atomic E-state index is 0.00111. The largest absolute Gasteiger partial charge is 0.462 e. The average molecular weight is 184 g/mol. The Morgan fingerprint density at radius 3 is 3.00 bits per heavy atom. The fourth-order valence-corrected chi connectivity index (χ4v) is 2.71.